The number of hydrogen-bond acceptors (Lipinski definition) is 2. The van der Waals surface area contributed by atoms with Crippen molar-refractivity contribution in [3.8, 4) is 0 Å². The Balaban J connectivity index is 1.86. The van der Waals surface area contributed by atoms with E-state index in [0.717, 1.165) is 6.54 Å². The molecule has 1 aliphatic carbocycles. The average molecular weight is 232 g/mol. The quantitative estimate of drug-likeness (QED) is 0.788. The van der Waals surface area contributed by atoms with Crippen LogP contribution in [0, 0.1) is 0 Å². The van der Waals surface area contributed by atoms with E-state index >= 15 is 0 Å². The van der Waals surface area contributed by atoms with E-state index in [-0.39, 0.29) is 0 Å². The minimum atomic E-state index is 0.603. The molecule has 0 radical (unpaired) electrons. The van der Waals surface area contributed by atoms with Crippen LogP contribution < -0.4 is 5.32 Å². The highest BCUT2D eigenvalue weighted by Crippen LogP contribution is 2.32. The Morgan fingerprint density at radius 2 is 2.35 bits per heavy atom. The van der Waals surface area contributed by atoms with Crippen molar-refractivity contribution in [2.24, 2.45) is 0 Å². The molecular formula is C15H24N2. The van der Waals surface area contributed by atoms with Gasteiger partial charge < -0.3 is 5.32 Å². The van der Waals surface area contributed by atoms with Gasteiger partial charge in [-0.3, -0.25) is 4.98 Å². The van der Waals surface area contributed by atoms with Crippen LogP contribution in [0.15, 0.2) is 18.3 Å². The number of hydrogen-bond donors (Lipinski definition) is 1. The molecule has 0 saturated carbocycles. The fourth-order valence-corrected chi connectivity index (χ4v) is 2.73. The van der Waals surface area contributed by atoms with Gasteiger partial charge >= 0.3 is 0 Å². The first-order valence-electron chi connectivity index (χ1n) is 6.94. The molecule has 1 aromatic rings. The summed E-state index contributed by atoms with van der Waals surface area (Å²) in [6, 6.07) is 4.93. The zero-order chi connectivity index (χ0) is 12.1. The first-order chi connectivity index (χ1) is 8.27. The van der Waals surface area contributed by atoms with Crippen molar-refractivity contribution < 1.29 is 0 Å². The molecule has 1 N–H and O–H groups in total. The SMILES string of the molecule is CC(C)NCCCC1CCCc2cccnc21. The molecule has 1 heterocycles. The van der Waals surface area contributed by atoms with E-state index in [0.29, 0.717) is 12.0 Å². The minimum absolute atomic E-state index is 0.603. The van der Waals surface area contributed by atoms with Crippen LogP contribution in [0.2, 0.25) is 0 Å². The number of aryl methyl sites for hydroxylation is 1. The molecule has 0 bridgehead atoms. The molecule has 0 saturated heterocycles. The van der Waals surface area contributed by atoms with Crippen molar-refractivity contribution in [3.63, 3.8) is 0 Å². The summed E-state index contributed by atoms with van der Waals surface area (Å²) >= 11 is 0. The summed E-state index contributed by atoms with van der Waals surface area (Å²) in [6.07, 6.45) is 8.38. The summed E-state index contributed by atoms with van der Waals surface area (Å²) in [4.78, 5) is 4.59. The molecular weight excluding hydrogens is 208 g/mol. The van der Waals surface area contributed by atoms with Crippen LogP contribution in [0.4, 0.5) is 0 Å². The van der Waals surface area contributed by atoms with Crippen LogP contribution in [0.5, 0.6) is 0 Å². The Kier molecular flexibility index (Phi) is 4.55. The lowest BCUT2D eigenvalue weighted by molar-refractivity contribution is 0.470. The van der Waals surface area contributed by atoms with Crippen molar-refractivity contribution in [2.45, 2.75) is 57.9 Å². The smallest absolute Gasteiger partial charge is 0.0466 e. The molecule has 94 valence electrons. The van der Waals surface area contributed by atoms with Crippen LogP contribution in [-0.4, -0.2) is 17.6 Å². The summed E-state index contributed by atoms with van der Waals surface area (Å²) in [5.74, 6) is 0.703. The summed E-state index contributed by atoms with van der Waals surface area (Å²) in [5.41, 5.74) is 2.86. The molecule has 2 nitrogen and oxygen atoms in total. The van der Waals surface area contributed by atoms with Crippen molar-refractivity contribution in [1.82, 2.24) is 10.3 Å². The lowest BCUT2D eigenvalue weighted by Gasteiger charge is -2.24. The number of nitrogens with one attached hydrogen (secondary N) is 1. The Bertz CT molecular complexity index is 347. The largest absolute Gasteiger partial charge is 0.315 e. The van der Waals surface area contributed by atoms with Crippen molar-refractivity contribution >= 4 is 0 Å². The van der Waals surface area contributed by atoms with Crippen LogP contribution in [0.25, 0.3) is 0 Å². The molecule has 1 unspecified atom stereocenters. The van der Waals surface area contributed by atoms with Gasteiger partial charge in [-0.1, -0.05) is 19.9 Å². The van der Waals surface area contributed by atoms with E-state index in [2.05, 4.69) is 36.3 Å². The molecule has 1 aromatic heterocycles. The lowest BCUT2D eigenvalue weighted by atomic mass is 9.84. The van der Waals surface area contributed by atoms with Crippen LogP contribution >= 0.6 is 0 Å². The summed E-state index contributed by atoms with van der Waals surface area (Å²) < 4.78 is 0. The van der Waals surface area contributed by atoms with E-state index < -0.39 is 0 Å². The Hall–Kier alpha value is -0.890. The molecule has 17 heavy (non-hydrogen) atoms. The second-order valence-corrected chi connectivity index (χ2v) is 5.39. The van der Waals surface area contributed by atoms with E-state index in [9.17, 15) is 0 Å². The van der Waals surface area contributed by atoms with E-state index in [1.165, 1.54) is 43.4 Å². The molecule has 0 aromatic carbocycles. The number of rotatable bonds is 5. The second kappa shape index (κ2) is 6.15. The number of fused-ring (bicyclic) bond motifs is 1. The predicted octanol–water partition coefficient (Wildman–Crippen LogP) is 3.28. The molecule has 2 heteroatoms. The maximum Gasteiger partial charge on any atom is 0.0466 e. The van der Waals surface area contributed by atoms with Gasteiger partial charge in [0.2, 0.25) is 0 Å². The first kappa shape index (κ1) is 12.6. The normalized spacial score (nSPS) is 19.4. The molecule has 2 rings (SSSR count). The van der Waals surface area contributed by atoms with Gasteiger partial charge in [-0.2, -0.15) is 0 Å². The van der Waals surface area contributed by atoms with Gasteiger partial charge in [-0.05, 0) is 50.3 Å². The Labute approximate surface area is 105 Å². The van der Waals surface area contributed by atoms with Gasteiger partial charge in [0.25, 0.3) is 0 Å². The fourth-order valence-electron chi connectivity index (χ4n) is 2.73. The number of nitrogens with zero attached hydrogens (tertiary/aromatic N) is 1. The molecule has 1 aliphatic rings. The topological polar surface area (TPSA) is 24.9 Å². The van der Waals surface area contributed by atoms with E-state index in [1.54, 1.807) is 0 Å². The second-order valence-electron chi connectivity index (χ2n) is 5.39. The predicted molar refractivity (Wildman–Crippen MR) is 72.3 cm³/mol. The average Bonchev–Trinajstić information content (AvgIpc) is 2.34. The van der Waals surface area contributed by atoms with Crippen LogP contribution in [-0.2, 0) is 6.42 Å². The molecule has 0 amide bonds. The van der Waals surface area contributed by atoms with Gasteiger partial charge in [0.05, 0.1) is 0 Å². The van der Waals surface area contributed by atoms with Gasteiger partial charge in [0, 0.05) is 23.9 Å². The van der Waals surface area contributed by atoms with Crippen molar-refractivity contribution in [3.05, 3.63) is 29.6 Å². The highest BCUT2D eigenvalue weighted by molar-refractivity contribution is 5.25. The lowest BCUT2D eigenvalue weighted by Crippen LogP contribution is -2.24. The number of pyridine rings is 1. The Morgan fingerprint density at radius 1 is 1.47 bits per heavy atom. The van der Waals surface area contributed by atoms with Crippen LogP contribution in [0.1, 0.15) is 56.7 Å². The highest BCUT2D eigenvalue weighted by atomic mass is 14.9. The fraction of sp³-hybridized carbons (Fsp3) is 0.667. The maximum absolute atomic E-state index is 4.59. The van der Waals surface area contributed by atoms with Gasteiger partial charge in [-0.25, -0.2) is 0 Å². The third kappa shape index (κ3) is 3.53. The molecule has 1 atom stereocenters. The van der Waals surface area contributed by atoms with Gasteiger partial charge in [0.1, 0.15) is 0 Å². The first-order valence-corrected chi connectivity index (χ1v) is 6.94. The van der Waals surface area contributed by atoms with Crippen molar-refractivity contribution in [1.29, 1.82) is 0 Å². The van der Waals surface area contributed by atoms with E-state index in [1.807, 2.05) is 6.20 Å². The third-order valence-electron chi connectivity index (χ3n) is 3.59. The monoisotopic (exact) mass is 232 g/mol. The van der Waals surface area contributed by atoms with Crippen LogP contribution in [0.3, 0.4) is 0 Å². The number of aromatic nitrogens is 1. The highest BCUT2D eigenvalue weighted by Gasteiger charge is 2.20. The summed E-state index contributed by atoms with van der Waals surface area (Å²) in [7, 11) is 0. The molecule has 0 fully saturated rings. The zero-order valence-electron chi connectivity index (χ0n) is 11.1. The van der Waals surface area contributed by atoms with Gasteiger partial charge in [-0.15, -0.1) is 0 Å². The standard InChI is InChI=1S/C15H24N2/c1-12(2)16-10-4-8-13-6-3-7-14-9-5-11-17-15(13)14/h5,9,11-13,16H,3-4,6-8,10H2,1-2H3. The summed E-state index contributed by atoms with van der Waals surface area (Å²) in [6.45, 7) is 5.55. The molecule has 0 aliphatic heterocycles. The van der Waals surface area contributed by atoms with Gasteiger partial charge in [0.15, 0.2) is 0 Å². The summed E-state index contributed by atoms with van der Waals surface area (Å²) in [5, 5.41) is 3.49. The maximum atomic E-state index is 4.59. The third-order valence-corrected chi connectivity index (χ3v) is 3.59. The van der Waals surface area contributed by atoms with Crippen molar-refractivity contribution in [2.75, 3.05) is 6.54 Å². The Morgan fingerprint density at radius 3 is 3.18 bits per heavy atom. The molecule has 0 spiro atoms. The zero-order valence-corrected chi connectivity index (χ0v) is 11.1. The minimum Gasteiger partial charge on any atom is -0.315 e. The van der Waals surface area contributed by atoms with E-state index in [4.69, 9.17) is 0 Å².